The third-order valence-electron chi connectivity index (χ3n) is 6.07. The Morgan fingerprint density at radius 2 is 1.53 bits per heavy atom. The van der Waals surface area contributed by atoms with E-state index in [1.165, 1.54) is 45.3 Å². The summed E-state index contributed by atoms with van der Waals surface area (Å²) in [6.45, 7) is 0. The zero-order valence-corrected chi connectivity index (χ0v) is 24.1. The number of carbonyl (C=O) groups is 1. The number of anilines is 4. The van der Waals surface area contributed by atoms with Crippen molar-refractivity contribution in [3.05, 3.63) is 32.2 Å². The molecule has 16 heteroatoms. The Morgan fingerprint density at radius 3 is 2.18 bits per heavy atom. The summed E-state index contributed by atoms with van der Waals surface area (Å²) in [7, 11) is 3.63. The third kappa shape index (κ3) is 6.79. The van der Waals surface area contributed by atoms with Crippen LogP contribution in [0.3, 0.4) is 0 Å². The monoisotopic (exact) mass is 592 g/mol. The molecule has 12 nitrogen and oxygen atoms in total. The van der Waals surface area contributed by atoms with E-state index < -0.39 is 6.23 Å². The summed E-state index contributed by atoms with van der Waals surface area (Å²) in [5, 5.41) is 47.9. The zero-order valence-electron chi connectivity index (χ0n) is 20.8. The largest absolute Gasteiger partial charge is 0.373 e. The molecular weight excluding hydrogens is 565 g/mol. The lowest BCUT2D eigenvalue weighted by atomic mass is 9.82. The Kier molecular flexibility index (Phi) is 8.73. The Morgan fingerprint density at radius 1 is 0.921 bits per heavy atom. The number of carbonyl (C=O) groups excluding carboxylic acids is 1. The molecule has 1 unspecified atom stereocenters. The minimum Gasteiger partial charge on any atom is -0.373 e. The van der Waals surface area contributed by atoms with Crippen molar-refractivity contribution in [3.63, 3.8) is 0 Å². The SMILES string of the molecule is CNc1nc(CC(=O)Nc2nnc([C@H]3CCC[C@H](c4nnc(NC(O)Cc5csc(NC)n5)s4)C3)s2)cs1. The average Bonchev–Trinajstić information content (AvgIpc) is 3.72. The lowest BCUT2D eigenvalue weighted by Crippen LogP contribution is -2.21. The Labute approximate surface area is 235 Å². The standard InChI is InChI=1S/C22H28N10O2S4/c1-23-19-25-13(9-35-19)7-15(33)27-21-31-29-17(37-21)11-4-3-5-12(6-11)18-30-32-22(38-18)28-16(34)8-14-10-36-20(24-2)26-14/h9-12,15,33H,3-8H2,1-2H3,(H,23,25)(H,24,26)(H,27,31)(H,28,32,34)/t11-,12-,15?/m0/s1. The number of hydrogen-bond acceptors (Lipinski definition) is 15. The molecule has 0 aromatic carbocycles. The van der Waals surface area contributed by atoms with Crippen molar-refractivity contribution in [2.45, 2.75) is 56.6 Å². The van der Waals surface area contributed by atoms with Crippen LogP contribution in [0.4, 0.5) is 20.5 Å². The van der Waals surface area contributed by atoms with Crippen molar-refractivity contribution in [2.24, 2.45) is 0 Å². The quantitative estimate of drug-likeness (QED) is 0.160. The fourth-order valence-electron chi connectivity index (χ4n) is 4.28. The molecule has 4 aromatic heterocycles. The number of amides is 1. The smallest absolute Gasteiger partial charge is 0.232 e. The molecular formula is C22H28N10O2S4. The van der Waals surface area contributed by atoms with Gasteiger partial charge in [-0.3, -0.25) is 4.79 Å². The highest BCUT2D eigenvalue weighted by atomic mass is 32.1. The van der Waals surface area contributed by atoms with Gasteiger partial charge in [0.25, 0.3) is 0 Å². The van der Waals surface area contributed by atoms with Crippen molar-refractivity contribution in [2.75, 3.05) is 35.4 Å². The molecule has 202 valence electrons. The number of rotatable bonds is 11. The Balaban J connectivity index is 1.13. The van der Waals surface area contributed by atoms with Gasteiger partial charge in [0.2, 0.25) is 16.2 Å². The van der Waals surface area contributed by atoms with E-state index >= 15 is 0 Å². The maximum Gasteiger partial charge on any atom is 0.232 e. The average molecular weight is 593 g/mol. The molecule has 1 amide bonds. The van der Waals surface area contributed by atoms with Gasteiger partial charge in [-0.2, -0.15) is 0 Å². The predicted molar refractivity (Wildman–Crippen MR) is 153 cm³/mol. The topological polar surface area (TPSA) is 163 Å². The summed E-state index contributed by atoms with van der Waals surface area (Å²) >= 11 is 5.88. The minimum absolute atomic E-state index is 0.157. The van der Waals surface area contributed by atoms with Gasteiger partial charge in [0, 0.05) is 43.1 Å². The first-order chi connectivity index (χ1) is 18.5. The van der Waals surface area contributed by atoms with Gasteiger partial charge in [-0.1, -0.05) is 29.1 Å². The van der Waals surface area contributed by atoms with Gasteiger partial charge < -0.3 is 26.4 Å². The highest BCUT2D eigenvalue weighted by Crippen LogP contribution is 2.43. The number of nitrogens with one attached hydrogen (secondary N) is 4. The van der Waals surface area contributed by atoms with Crippen LogP contribution >= 0.6 is 45.3 Å². The molecule has 0 spiro atoms. The zero-order chi connectivity index (χ0) is 26.5. The van der Waals surface area contributed by atoms with Crippen LogP contribution in [0.25, 0.3) is 0 Å². The van der Waals surface area contributed by atoms with E-state index in [-0.39, 0.29) is 24.2 Å². The second kappa shape index (κ2) is 12.4. The third-order valence-corrected chi connectivity index (χ3v) is 9.90. The highest BCUT2D eigenvalue weighted by Gasteiger charge is 2.29. The molecule has 3 atom stereocenters. The molecule has 0 radical (unpaired) electrons. The second-order valence-corrected chi connectivity index (χ2v) is 12.6. The first-order valence-electron chi connectivity index (χ1n) is 12.1. The number of aromatic nitrogens is 6. The van der Waals surface area contributed by atoms with Crippen LogP contribution in [-0.2, 0) is 17.6 Å². The van der Waals surface area contributed by atoms with Gasteiger partial charge in [0.05, 0.1) is 17.8 Å². The van der Waals surface area contributed by atoms with E-state index in [9.17, 15) is 9.90 Å². The molecule has 0 saturated heterocycles. The van der Waals surface area contributed by atoms with Gasteiger partial charge >= 0.3 is 0 Å². The molecule has 1 fully saturated rings. The summed E-state index contributed by atoms with van der Waals surface area (Å²) < 4.78 is 0. The van der Waals surface area contributed by atoms with E-state index in [1.54, 1.807) is 7.05 Å². The van der Waals surface area contributed by atoms with Crippen molar-refractivity contribution in [1.82, 2.24) is 30.4 Å². The summed E-state index contributed by atoms with van der Waals surface area (Å²) in [6.07, 6.45) is 3.79. The van der Waals surface area contributed by atoms with Crippen LogP contribution < -0.4 is 21.3 Å². The van der Waals surface area contributed by atoms with E-state index in [0.29, 0.717) is 16.7 Å². The van der Waals surface area contributed by atoms with Gasteiger partial charge in [-0.15, -0.1) is 43.1 Å². The number of aliphatic hydroxyl groups is 1. The fourth-order valence-corrected chi connectivity index (χ4v) is 7.48. The lowest BCUT2D eigenvalue weighted by molar-refractivity contribution is -0.115. The van der Waals surface area contributed by atoms with Crippen molar-refractivity contribution in [1.29, 1.82) is 0 Å². The molecule has 1 aliphatic rings. The first-order valence-corrected chi connectivity index (χ1v) is 15.5. The normalized spacial score (nSPS) is 18.2. The van der Waals surface area contributed by atoms with E-state index in [2.05, 4.69) is 51.6 Å². The van der Waals surface area contributed by atoms with Crippen molar-refractivity contribution < 1.29 is 9.90 Å². The summed E-state index contributed by atoms with van der Waals surface area (Å²) in [4.78, 5) is 21.2. The number of aliphatic hydroxyl groups excluding tert-OH is 1. The van der Waals surface area contributed by atoms with Gasteiger partial charge in [0.1, 0.15) is 16.2 Å². The first kappa shape index (κ1) is 26.8. The predicted octanol–water partition coefficient (Wildman–Crippen LogP) is 3.98. The highest BCUT2D eigenvalue weighted by molar-refractivity contribution is 7.16. The van der Waals surface area contributed by atoms with E-state index in [1.807, 2.05) is 17.8 Å². The maximum atomic E-state index is 12.4. The number of hydrogen-bond donors (Lipinski definition) is 5. The Hall–Kier alpha value is -2.79. The molecule has 4 aromatic rings. The van der Waals surface area contributed by atoms with Crippen LogP contribution in [0.1, 0.15) is 58.9 Å². The van der Waals surface area contributed by atoms with Gasteiger partial charge in [0.15, 0.2) is 10.3 Å². The van der Waals surface area contributed by atoms with Crippen molar-refractivity contribution >= 4 is 71.8 Å². The summed E-state index contributed by atoms with van der Waals surface area (Å²) in [6, 6.07) is 0. The number of thiazole rings is 2. The minimum atomic E-state index is -0.794. The van der Waals surface area contributed by atoms with Crippen LogP contribution in [0.5, 0.6) is 0 Å². The molecule has 4 heterocycles. The van der Waals surface area contributed by atoms with Crippen molar-refractivity contribution in [3.8, 4) is 0 Å². The molecule has 5 N–H and O–H groups in total. The van der Waals surface area contributed by atoms with Crippen LogP contribution in [0, 0.1) is 0 Å². The van der Waals surface area contributed by atoms with Gasteiger partial charge in [-0.25, -0.2) is 9.97 Å². The lowest BCUT2D eigenvalue weighted by Gasteiger charge is -2.25. The number of nitrogens with zero attached hydrogens (tertiary/aromatic N) is 6. The van der Waals surface area contributed by atoms with Gasteiger partial charge in [-0.05, 0) is 19.3 Å². The Bertz CT molecular complexity index is 1350. The molecule has 0 bridgehead atoms. The molecule has 1 aliphatic carbocycles. The fraction of sp³-hybridized carbons (Fsp3) is 0.500. The van der Waals surface area contributed by atoms with E-state index in [4.69, 9.17) is 0 Å². The molecule has 38 heavy (non-hydrogen) atoms. The molecule has 1 saturated carbocycles. The van der Waals surface area contributed by atoms with E-state index in [0.717, 1.165) is 57.3 Å². The van der Waals surface area contributed by atoms with Crippen LogP contribution in [0.15, 0.2) is 10.8 Å². The maximum absolute atomic E-state index is 12.4. The molecule has 0 aliphatic heterocycles. The second-order valence-electron chi connectivity index (χ2n) is 8.83. The van der Waals surface area contributed by atoms with Crippen LogP contribution in [-0.4, -0.2) is 61.7 Å². The molecule has 5 rings (SSSR count). The summed E-state index contributed by atoms with van der Waals surface area (Å²) in [5.41, 5.74) is 1.54. The summed E-state index contributed by atoms with van der Waals surface area (Å²) in [5.74, 6) is 0.365. The van der Waals surface area contributed by atoms with Crippen LogP contribution in [0.2, 0.25) is 0 Å².